The Morgan fingerprint density at radius 1 is 1.17 bits per heavy atom. The summed E-state index contributed by atoms with van der Waals surface area (Å²) in [7, 11) is 0. The third-order valence-electron chi connectivity index (χ3n) is 6.22. The van der Waals surface area contributed by atoms with Gasteiger partial charge in [-0.1, -0.05) is 11.6 Å². The monoisotopic (exact) mass is 502 g/mol. The third-order valence-corrected chi connectivity index (χ3v) is 6.45. The second kappa shape index (κ2) is 9.21. The molecule has 4 aromatic rings. The van der Waals surface area contributed by atoms with Gasteiger partial charge >= 0.3 is 12.1 Å². The van der Waals surface area contributed by atoms with E-state index >= 15 is 0 Å². The van der Waals surface area contributed by atoms with Crippen molar-refractivity contribution in [3.8, 4) is 11.5 Å². The minimum absolute atomic E-state index is 0.0294. The van der Waals surface area contributed by atoms with Gasteiger partial charge < -0.3 is 9.32 Å². The zero-order valence-corrected chi connectivity index (χ0v) is 19.5. The molecule has 182 valence electrons. The fraction of sp³-hybridized carbons (Fsp3) is 0.348. The zero-order valence-electron chi connectivity index (χ0n) is 18.7. The van der Waals surface area contributed by atoms with Crippen LogP contribution < -0.4 is 5.69 Å². The molecule has 1 aromatic carbocycles. The highest BCUT2D eigenvalue weighted by molar-refractivity contribution is 6.31. The zero-order chi connectivity index (χ0) is 24.7. The van der Waals surface area contributed by atoms with Crippen molar-refractivity contribution in [2.24, 2.45) is 0 Å². The lowest BCUT2D eigenvalue weighted by Gasteiger charge is -2.31. The first-order valence-corrected chi connectivity index (χ1v) is 11.4. The van der Waals surface area contributed by atoms with E-state index in [2.05, 4.69) is 15.2 Å². The van der Waals surface area contributed by atoms with Crippen LogP contribution >= 0.6 is 11.6 Å². The van der Waals surface area contributed by atoms with Gasteiger partial charge in [0, 0.05) is 37.3 Å². The molecule has 0 unspecified atom stereocenters. The Labute approximate surface area is 202 Å². The smallest absolute Gasteiger partial charge is 0.329 e. The van der Waals surface area contributed by atoms with Gasteiger partial charge in [-0.3, -0.25) is 18.9 Å². The lowest BCUT2D eigenvalue weighted by molar-refractivity contribution is -0.130. The van der Waals surface area contributed by atoms with Crippen LogP contribution in [0.5, 0.6) is 0 Å². The molecule has 5 rings (SSSR count). The summed E-state index contributed by atoms with van der Waals surface area (Å²) in [5, 5.41) is 7.47. The maximum Gasteiger partial charge on any atom is 0.329 e. The molecule has 4 heterocycles. The molecule has 0 N–H and O–H groups in total. The van der Waals surface area contributed by atoms with Crippen molar-refractivity contribution in [3.63, 3.8) is 0 Å². The molecule has 12 heteroatoms. The Bertz CT molecular complexity index is 1440. The van der Waals surface area contributed by atoms with Gasteiger partial charge in [-0.25, -0.2) is 4.79 Å². The summed E-state index contributed by atoms with van der Waals surface area (Å²) in [5.41, 5.74) is 2.24. The lowest BCUT2D eigenvalue weighted by atomic mass is 10.0. The van der Waals surface area contributed by atoms with Crippen LogP contribution in [-0.2, 0) is 11.3 Å². The van der Waals surface area contributed by atoms with E-state index in [1.54, 1.807) is 51.3 Å². The number of hydrogen-bond acceptors (Lipinski definition) is 6. The highest BCUT2D eigenvalue weighted by Gasteiger charge is 2.26. The number of imidazole rings is 1. The van der Waals surface area contributed by atoms with Crippen LogP contribution in [-0.4, -0.2) is 48.2 Å². The third kappa shape index (κ3) is 4.43. The van der Waals surface area contributed by atoms with Crippen LogP contribution in [0, 0.1) is 0 Å². The molecule has 9 nitrogen and oxygen atoms in total. The van der Waals surface area contributed by atoms with Gasteiger partial charge in [-0.05, 0) is 43.2 Å². The molecule has 0 aliphatic carbocycles. The van der Waals surface area contributed by atoms with Gasteiger partial charge in [0.1, 0.15) is 0 Å². The highest BCUT2D eigenvalue weighted by Crippen LogP contribution is 2.28. The second-order valence-electron chi connectivity index (χ2n) is 8.39. The minimum Gasteiger partial charge on any atom is -0.415 e. The molecule has 1 amide bonds. The van der Waals surface area contributed by atoms with E-state index in [1.807, 2.05) is 0 Å². The number of benzene rings is 1. The number of fused-ring (bicyclic) bond motifs is 1. The summed E-state index contributed by atoms with van der Waals surface area (Å²) in [6.07, 6.45) is -0.0709. The molecule has 1 aliphatic heterocycles. The number of halogens is 3. The number of rotatable bonds is 5. The maximum absolute atomic E-state index is 13.5. The molecule has 1 fully saturated rings. The summed E-state index contributed by atoms with van der Waals surface area (Å²) in [5.74, 6) is -0.780. The Hall–Kier alpha value is -3.60. The molecule has 35 heavy (non-hydrogen) atoms. The predicted octanol–water partition coefficient (Wildman–Crippen LogP) is 4.07. The lowest BCUT2D eigenvalue weighted by Crippen LogP contribution is -2.40. The number of likely N-dealkylation sites (tertiary alicyclic amines) is 1. The Morgan fingerprint density at radius 2 is 1.94 bits per heavy atom. The highest BCUT2D eigenvalue weighted by atomic mass is 35.5. The maximum atomic E-state index is 13.5. The molecular formula is C23H21ClF2N6O3. The summed E-state index contributed by atoms with van der Waals surface area (Å²) >= 11 is 6.26. The van der Waals surface area contributed by atoms with Crippen molar-refractivity contribution in [1.29, 1.82) is 0 Å². The van der Waals surface area contributed by atoms with E-state index in [0.29, 0.717) is 42.2 Å². The number of piperidine rings is 1. The standard InChI is InChI=1S/C23H21ClF2N6O3/c1-13(33)30-8-6-17(7-9-30)32-19-10-15(24)3-5-18(19)31(23(32)34)12-16-4-2-14(11-27-16)21-28-29-22(35-21)20(25)26/h2-5,10-11,17,20H,6-9,12H2,1H3. The first-order valence-electron chi connectivity index (χ1n) is 11.0. The number of nitrogens with zero attached hydrogens (tertiary/aromatic N) is 6. The molecule has 0 spiro atoms. The van der Waals surface area contributed by atoms with E-state index in [1.165, 1.54) is 6.20 Å². The Morgan fingerprint density at radius 3 is 2.57 bits per heavy atom. The quantitative estimate of drug-likeness (QED) is 0.408. The molecule has 0 bridgehead atoms. The van der Waals surface area contributed by atoms with Crippen molar-refractivity contribution in [1.82, 2.24) is 29.2 Å². The van der Waals surface area contributed by atoms with Crippen molar-refractivity contribution < 1.29 is 18.0 Å². The van der Waals surface area contributed by atoms with Crippen LogP contribution in [0.15, 0.2) is 45.7 Å². The molecule has 1 aliphatic rings. The number of amides is 1. The van der Waals surface area contributed by atoms with E-state index in [-0.39, 0.29) is 30.1 Å². The van der Waals surface area contributed by atoms with Crippen LogP contribution in [0.25, 0.3) is 22.5 Å². The summed E-state index contributed by atoms with van der Waals surface area (Å²) < 4.78 is 33.8. The van der Waals surface area contributed by atoms with Gasteiger partial charge in [-0.15, -0.1) is 10.2 Å². The summed E-state index contributed by atoms with van der Waals surface area (Å²) in [6, 6.07) is 8.56. The summed E-state index contributed by atoms with van der Waals surface area (Å²) in [4.78, 5) is 31.4. The van der Waals surface area contributed by atoms with Crippen molar-refractivity contribution in [3.05, 3.63) is 63.6 Å². The van der Waals surface area contributed by atoms with Gasteiger partial charge in [0.15, 0.2) is 0 Å². The Balaban J connectivity index is 1.45. The van der Waals surface area contributed by atoms with Gasteiger partial charge in [0.25, 0.3) is 5.89 Å². The van der Waals surface area contributed by atoms with E-state index in [4.69, 9.17) is 16.0 Å². The molecule has 0 saturated carbocycles. The number of pyridine rings is 1. The normalized spacial score (nSPS) is 14.8. The van der Waals surface area contributed by atoms with Crippen LogP contribution in [0.3, 0.4) is 0 Å². The number of carbonyl (C=O) groups excluding carboxylic acids is 1. The van der Waals surface area contributed by atoms with Crippen molar-refractivity contribution in [2.45, 2.75) is 38.8 Å². The van der Waals surface area contributed by atoms with Gasteiger partial charge in [0.05, 0.1) is 28.8 Å². The number of aromatic nitrogens is 5. The first kappa shape index (κ1) is 23.2. The van der Waals surface area contributed by atoms with Crippen LogP contribution in [0.1, 0.15) is 43.8 Å². The second-order valence-corrected chi connectivity index (χ2v) is 8.83. The fourth-order valence-electron chi connectivity index (χ4n) is 4.44. The van der Waals surface area contributed by atoms with Gasteiger partial charge in [-0.2, -0.15) is 8.78 Å². The molecular weight excluding hydrogens is 482 g/mol. The molecule has 3 aromatic heterocycles. The molecule has 1 saturated heterocycles. The number of hydrogen-bond donors (Lipinski definition) is 0. The SMILES string of the molecule is CC(=O)N1CCC(n2c(=O)n(Cc3ccc(-c4nnc(C(F)F)o4)cn3)c3ccc(Cl)cc32)CC1. The average molecular weight is 503 g/mol. The van der Waals surface area contributed by atoms with Gasteiger partial charge in [0.2, 0.25) is 11.8 Å². The minimum atomic E-state index is -2.85. The van der Waals surface area contributed by atoms with E-state index < -0.39 is 12.3 Å². The largest absolute Gasteiger partial charge is 0.415 e. The topological polar surface area (TPSA) is 99.1 Å². The Kier molecular flexibility index (Phi) is 6.10. The first-order chi connectivity index (χ1) is 16.8. The van der Waals surface area contributed by atoms with E-state index in [0.717, 1.165) is 11.0 Å². The number of alkyl halides is 2. The summed E-state index contributed by atoms with van der Waals surface area (Å²) in [6.45, 7) is 2.92. The van der Waals surface area contributed by atoms with Crippen LogP contribution in [0.4, 0.5) is 8.78 Å². The predicted molar refractivity (Wildman–Crippen MR) is 123 cm³/mol. The number of carbonyl (C=O) groups is 1. The van der Waals surface area contributed by atoms with Crippen molar-refractivity contribution in [2.75, 3.05) is 13.1 Å². The van der Waals surface area contributed by atoms with E-state index in [9.17, 15) is 18.4 Å². The molecule has 0 radical (unpaired) electrons. The fourth-order valence-corrected chi connectivity index (χ4v) is 4.61. The molecule has 0 atom stereocenters. The van der Waals surface area contributed by atoms with Crippen LogP contribution in [0.2, 0.25) is 5.02 Å². The average Bonchev–Trinajstić information content (AvgIpc) is 3.43. The van der Waals surface area contributed by atoms with Crippen molar-refractivity contribution >= 4 is 28.5 Å².